The molecule has 28 heavy (non-hydrogen) atoms. The molecule has 0 aliphatic rings. The van der Waals surface area contributed by atoms with Crippen molar-refractivity contribution in [2.75, 3.05) is 11.9 Å². The molecular formula is C22H20ClN5. The lowest BCUT2D eigenvalue weighted by atomic mass is 9.97. The van der Waals surface area contributed by atoms with Crippen molar-refractivity contribution in [3.05, 3.63) is 59.4 Å². The van der Waals surface area contributed by atoms with E-state index < -0.39 is 0 Å². The smallest absolute Gasteiger partial charge is 0.257 e. The number of hydrogen-bond acceptors (Lipinski definition) is 4. The van der Waals surface area contributed by atoms with E-state index in [1.165, 1.54) is 0 Å². The van der Waals surface area contributed by atoms with Crippen molar-refractivity contribution in [3.8, 4) is 11.8 Å². The van der Waals surface area contributed by atoms with E-state index in [9.17, 15) is 0 Å². The molecular weight excluding hydrogens is 370 g/mol. The third kappa shape index (κ3) is 3.51. The third-order valence-corrected chi connectivity index (χ3v) is 4.56. The van der Waals surface area contributed by atoms with Gasteiger partial charge in [-0.3, -0.25) is 4.40 Å². The molecule has 140 valence electrons. The Bertz CT molecular complexity index is 1240. The quantitative estimate of drug-likeness (QED) is 0.447. The first-order chi connectivity index (χ1) is 13.3. The largest absolute Gasteiger partial charge is 0.329 e. The number of halogens is 1. The fourth-order valence-corrected chi connectivity index (χ4v) is 3.12. The molecule has 0 N–H and O–H groups in total. The van der Waals surface area contributed by atoms with E-state index in [1.54, 1.807) is 6.33 Å². The van der Waals surface area contributed by atoms with Gasteiger partial charge < -0.3 is 4.90 Å². The second-order valence-electron chi connectivity index (χ2n) is 7.71. The van der Waals surface area contributed by atoms with Gasteiger partial charge in [-0.05, 0) is 57.2 Å². The molecule has 0 radical (unpaired) electrons. The molecule has 0 unspecified atom stereocenters. The Morgan fingerprint density at radius 3 is 2.71 bits per heavy atom. The molecule has 5 nitrogen and oxygen atoms in total. The monoisotopic (exact) mass is 389 g/mol. The summed E-state index contributed by atoms with van der Waals surface area (Å²) in [5.74, 6) is 7.85. The van der Waals surface area contributed by atoms with Crippen LogP contribution in [0.5, 0.6) is 0 Å². The number of aromatic nitrogens is 4. The van der Waals surface area contributed by atoms with E-state index in [0.29, 0.717) is 10.8 Å². The van der Waals surface area contributed by atoms with Gasteiger partial charge >= 0.3 is 0 Å². The molecule has 4 aromatic rings. The van der Waals surface area contributed by atoms with Crippen molar-refractivity contribution in [1.82, 2.24) is 19.6 Å². The molecule has 0 saturated carbocycles. The molecule has 0 fully saturated rings. The Labute approximate surface area is 169 Å². The second kappa shape index (κ2) is 6.81. The zero-order chi connectivity index (χ0) is 19.9. The summed E-state index contributed by atoms with van der Waals surface area (Å²) in [5, 5.41) is 9.72. The lowest BCUT2D eigenvalue weighted by Crippen LogP contribution is -2.13. The molecule has 0 amide bonds. The lowest BCUT2D eigenvalue weighted by molar-refractivity contribution is 0.571. The number of fused-ring (bicyclic) bond motifs is 3. The zero-order valence-corrected chi connectivity index (χ0v) is 17.0. The number of anilines is 2. The molecule has 2 aromatic carbocycles. The normalized spacial score (nSPS) is 11.5. The van der Waals surface area contributed by atoms with Gasteiger partial charge in [-0.2, -0.15) is 4.98 Å². The summed E-state index contributed by atoms with van der Waals surface area (Å²) in [6.45, 7) is 6.31. The van der Waals surface area contributed by atoms with Crippen LogP contribution in [0.2, 0.25) is 5.02 Å². The first-order valence-electron chi connectivity index (χ1n) is 8.98. The first-order valence-corrected chi connectivity index (χ1v) is 9.36. The molecule has 0 spiro atoms. The van der Waals surface area contributed by atoms with Crippen molar-refractivity contribution in [2.24, 2.45) is 5.41 Å². The fourth-order valence-electron chi connectivity index (χ4n) is 2.95. The lowest BCUT2D eigenvalue weighted by Gasteiger charge is -2.21. The van der Waals surface area contributed by atoms with Gasteiger partial charge in [0.15, 0.2) is 0 Å². The average Bonchev–Trinajstić information content (AvgIpc) is 3.13. The number of nitrogens with zero attached hydrogens (tertiary/aromatic N) is 5. The summed E-state index contributed by atoms with van der Waals surface area (Å²) < 4.78 is 1.84. The number of benzene rings is 2. The SMILES string of the molecule is CN(c1cccc(C#CC(C)(C)C)c1)c1nc2nncn2c2cc(Cl)ccc12. The van der Waals surface area contributed by atoms with E-state index in [0.717, 1.165) is 28.0 Å². The Hall–Kier alpha value is -3.10. The highest BCUT2D eigenvalue weighted by molar-refractivity contribution is 6.31. The van der Waals surface area contributed by atoms with Crippen LogP contribution in [0.3, 0.4) is 0 Å². The maximum absolute atomic E-state index is 6.22. The molecule has 0 aliphatic carbocycles. The van der Waals surface area contributed by atoms with Crippen LogP contribution in [-0.2, 0) is 0 Å². The van der Waals surface area contributed by atoms with Crippen LogP contribution >= 0.6 is 11.6 Å². The highest BCUT2D eigenvalue weighted by Gasteiger charge is 2.15. The highest BCUT2D eigenvalue weighted by Crippen LogP contribution is 2.31. The van der Waals surface area contributed by atoms with Crippen molar-refractivity contribution >= 4 is 39.8 Å². The molecule has 0 saturated heterocycles. The van der Waals surface area contributed by atoms with Crippen LogP contribution in [0.15, 0.2) is 48.8 Å². The maximum atomic E-state index is 6.22. The van der Waals surface area contributed by atoms with Crippen molar-refractivity contribution < 1.29 is 0 Å². The fraction of sp³-hybridized carbons (Fsp3) is 0.227. The van der Waals surface area contributed by atoms with Gasteiger partial charge in [-0.1, -0.05) is 29.5 Å². The molecule has 0 aliphatic heterocycles. The van der Waals surface area contributed by atoms with Gasteiger partial charge in [-0.15, -0.1) is 10.2 Å². The summed E-state index contributed by atoms with van der Waals surface area (Å²) >= 11 is 6.22. The van der Waals surface area contributed by atoms with Crippen LogP contribution in [0.4, 0.5) is 11.5 Å². The summed E-state index contributed by atoms with van der Waals surface area (Å²) in [5.41, 5.74) is 2.83. The molecule has 6 heteroatoms. The molecule has 2 aromatic heterocycles. The van der Waals surface area contributed by atoms with Crippen LogP contribution in [0.1, 0.15) is 26.3 Å². The van der Waals surface area contributed by atoms with Crippen LogP contribution < -0.4 is 4.90 Å². The summed E-state index contributed by atoms with van der Waals surface area (Å²) in [4.78, 5) is 6.76. The van der Waals surface area contributed by atoms with Gasteiger partial charge in [0.25, 0.3) is 5.78 Å². The van der Waals surface area contributed by atoms with Crippen LogP contribution in [0.25, 0.3) is 16.7 Å². The summed E-state index contributed by atoms with van der Waals surface area (Å²) in [6.07, 6.45) is 1.65. The number of hydrogen-bond donors (Lipinski definition) is 0. The van der Waals surface area contributed by atoms with Gasteiger partial charge in [-0.25, -0.2) is 0 Å². The minimum absolute atomic E-state index is 0.0440. The number of rotatable bonds is 2. The van der Waals surface area contributed by atoms with Crippen molar-refractivity contribution in [2.45, 2.75) is 20.8 Å². The van der Waals surface area contributed by atoms with E-state index in [2.05, 4.69) is 48.9 Å². The Balaban J connectivity index is 1.84. The topological polar surface area (TPSA) is 46.3 Å². The van der Waals surface area contributed by atoms with E-state index in [-0.39, 0.29) is 5.41 Å². The van der Waals surface area contributed by atoms with E-state index in [1.807, 2.05) is 52.7 Å². The Morgan fingerprint density at radius 2 is 1.93 bits per heavy atom. The first kappa shape index (κ1) is 18.3. The van der Waals surface area contributed by atoms with Crippen molar-refractivity contribution in [1.29, 1.82) is 0 Å². The minimum Gasteiger partial charge on any atom is -0.329 e. The molecule has 0 atom stereocenters. The van der Waals surface area contributed by atoms with Gasteiger partial charge in [0.05, 0.1) is 5.52 Å². The van der Waals surface area contributed by atoms with Crippen molar-refractivity contribution in [3.63, 3.8) is 0 Å². The average molecular weight is 390 g/mol. The Kier molecular flexibility index (Phi) is 4.44. The predicted molar refractivity (Wildman–Crippen MR) is 114 cm³/mol. The van der Waals surface area contributed by atoms with Crippen LogP contribution in [0, 0.1) is 17.3 Å². The predicted octanol–water partition coefficient (Wildman–Crippen LogP) is 5.10. The van der Waals surface area contributed by atoms with Crippen LogP contribution in [-0.4, -0.2) is 26.6 Å². The minimum atomic E-state index is -0.0440. The Morgan fingerprint density at radius 1 is 1.11 bits per heavy atom. The molecule has 2 heterocycles. The van der Waals surface area contributed by atoms with E-state index >= 15 is 0 Å². The zero-order valence-electron chi connectivity index (χ0n) is 16.2. The highest BCUT2D eigenvalue weighted by atomic mass is 35.5. The molecule has 4 rings (SSSR count). The maximum Gasteiger partial charge on any atom is 0.257 e. The van der Waals surface area contributed by atoms with Gasteiger partial charge in [0.1, 0.15) is 12.1 Å². The summed E-state index contributed by atoms with van der Waals surface area (Å²) in [7, 11) is 1.99. The standard InChI is InChI=1S/C22H20ClN5/c1-22(2,3)11-10-15-6-5-7-17(12-15)27(4)20-18-9-8-16(23)13-19(18)28-14-24-26-21(28)25-20/h5-9,12-14H,1-4H3. The van der Waals surface area contributed by atoms with Gasteiger partial charge in [0, 0.05) is 34.1 Å². The van der Waals surface area contributed by atoms with E-state index in [4.69, 9.17) is 16.6 Å². The van der Waals surface area contributed by atoms with Gasteiger partial charge in [0.2, 0.25) is 0 Å². The second-order valence-corrected chi connectivity index (χ2v) is 8.14. The molecule has 0 bridgehead atoms. The summed E-state index contributed by atoms with van der Waals surface area (Å²) in [6, 6.07) is 13.9. The third-order valence-electron chi connectivity index (χ3n) is 4.33.